The second-order valence-electron chi connectivity index (χ2n) is 8.23. The molecule has 0 aromatic carbocycles. The number of aryl methyl sites for hydroxylation is 2. The monoisotopic (exact) mass is 388 g/mol. The Morgan fingerprint density at radius 3 is 2.32 bits per heavy atom. The lowest BCUT2D eigenvalue weighted by Gasteiger charge is -2.28. The van der Waals surface area contributed by atoms with Gasteiger partial charge in [0.25, 0.3) is 0 Å². The molecule has 2 aromatic heterocycles. The van der Waals surface area contributed by atoms with E-state index in [2.05, 4.69) is 10.1 Å². The maximum absolute atomic E-state index is 13.1. The lowest BCUT2D eigenvalue weighted by atomic mass is 9.88. The van der Waals surface area contributed by atoms with E-state index in [1.807, 2.05) is 58.6 Å². The molecule has 0 aliphatic heterocycles. The van der Waals surface area contributed by atoms with Crippen LogP contribution in [0.1, 0.15) is 44.9 Å². The van der Waals surface area contributed by atoms with Gasteiger partial charge in [-0.05, 0) is 19.9 Å². The normalized spacial score (nSPS) is 11.8. The highest BCUT2D eigenvalue weighted by Gasteiger charge is 2.35. The first-order valence-electron chi connectivity index (χ1n) is 9.45. The number of likely N-dealkylation sites (N-methyl/N-ethyl adjacent to an activating group) is 1. The van der Waals surface area contributed by atoms with E-state index < -0.39 is 5.41 Å². The Bertz CT molecular complexity index is 849. The van der Waals surface area contributed by atoms with Gasteiger partial charge in [-0.15, -0.1) is 0 Å². The van der Waals surface area contributed by atoms with Gasteiger partial charge in [-0.25, -0.2) is 4.98 Å². The Balaban J connectivity index is 2.17. The van der Waals surface area contributed by atoms with Gasteiger partial charge in [-0.1, -0.05) is 13.8 Å². The molecule has 0 aliphatic rings. The van der Waals surface area contributed by atoms with Gasteiger partial charge in [0, 0.05) is 46.5 Å². The molecule has 0 bridgehead atoms. The summed E-state index contributed by atoms with van der Waals surface area (Å²) in [6.07, 6.45) is 3.59. The van der Waals surface area contributed by atoms with Crippen molar-refractivity contribution in [1.29, 1.82) is 0 Å². The van der Waals surface area contributed by atoms with Crippen LogP contribution < -0.4 is 0 Å². The molecular weight excluding hydrogens is 356 g/mol. The highest BCUT2D eigenvalue weighted by atomic mass is 16.2. The summed E-state index contributed by atoms with van der Waals surface area (Å²) in [4.78, 5) is 33.3. The minimum absolute atomic E-state index is 0.0232. The largest absolute Gasteiger partial charge is 0.339 e. The van der Waals surface area contributed by atoms with Crippen LogP contribution in [-0.2, 0) is 42.2 Å². The van der Waals surface area contributed by atoms with Crippen LogP contribution in [0.2, 0.25) is 0 Å². The molecule has 0 saturated carbocycles. The van der Waals surface area contributed by atoms with Gasteiger partial charge in [0.2, 0.25) is 11.8 Å². The summed E-state index contributed by atoms with van der Waals surface area (Å²) in [6, 6.07) is 1.90. The minimum Gasteiger partial charge on any atom is -0.339 e. The van der Waals surface area contributed by atoms with Crippen molar-refractivity contribution >= 4 is 11.8 Å². The van der Waals surface area contributed by atoms with Gasteiger partial charge in [0.05, 0.1) is 29.9 Å². The first-order valence-corrected chi connectivity index (χ1v) is 9.45. The van der Waals surface area contributed by atoms with Crippen molar-refractivity contribution in [3.8, 4) is 0 Å². The van der Waals surface area contributed by atoms with Crippen molar-refractivity contribution in [2.45, 2.75) is 46.2 Å². The van der Waals surface area contributed by atoms with E-state index in [9.17, 15) is 9.59 Å². The molecule has 8 nitrogen and oxygen atoms in total. The molecule has 0 atom stereocenters. The van der Waals surface area contributed by atoms with Gasteiger partial charge >= 0.3 is 0 Å². The number of rotatable bonds is 7. The predicted molar refractivity (Wildman–Crippen MR) is 107 cm³/mol. The third kappa shape index (κ3) is 4.43. The number of aromatic nitrogens is 4. The predicted octanol–water partition coefficient (Wildman–Crippen LogP) is 1.70. The number of nitrogens with zero attached hydrogens (tertiary/aromatic N) is 6. The number of hydrogen-bond donors (Lipinski definition) is 0. The summed E-state index contributed by atoms with van der Waals surface area (Å²) in [5.74, 6) is 0.728. The standard InChI is InChI=1S/C20H32N6O2/c1-14(2)18(27)24(6)13-17-22-16(12-23(17)5)20(3,4)19(28)25(7)11-15-9-10-21-26(15)8/h9-10,12,14H,11,13H2,1-8H3. The van der Waals surface area contributed by atoms with E-state index in [0.717, 1.165) is 11.5 Å². The fourth-order valence-corrected chi connectivity index (χ4v) is 3.14. The Hall–Kier alpha value is -2.64. The molecule has 2 aromatic rings. The molecule has 2 rings (SSSR count). The van der Waals surface area contributed by atoms with Crippen molar-refractivity contribution in [2.24, 2.45) is 20.0 Å². The Morgan fingerprint density at radius 1 is 1.14 bits per heavy atom. The van der Waals surface area contributed by atoms with E-state index in [4.69, 9.17) is 0 Å². The molecule has 0 unspecified atom stereocenters. The van der Waals surface area contributed by atoms with Crippen LogP contribution in [-0.4, -0.2) is 55.0 Å². The number of hydrogen-bond acceptors (Lipinski definition) is 4. The topological polar surface area (TPSA) is 76.3 Å². The zero-order chi connectivity index (χ0) is 21.2. The molecular formula is C20H32N6O2. The lowest BCUT2D eigenvalue weighted by molar-refractivity contribution is -0.136. The van der Waals surface area contributed by atoms with Crippen molar-refractivity contribution < 1.29 is 9.59 Å². The van der Waals surface area contributed by atoms with Gasteiger partial charge in [0.15, 0.2) is 0 Å². The first-order chi connectivity index (χ1) is 12.9. The van der Waals surface area contributed by atoms with Gasteiger partial charge in [0.1, 0.15) is 5.82 Å². The molecule has 0 aliphatic carbocycles. The quantitative estimate of drug-likeness (QED) is 0.723. The average Bonchev–Trinajstić information content (AvgIpc) is 3.19. The van der Waals surface area contributed by atoms with Crippen LogP contribution >= 0.6 is 0 Å². The highest BCUT2D eigenvalue weighted by molar-refractivity contribution is 5.86. The maximum Gasteiger partial charge on any atom is 0.234 e. The van der Waals surface area contributed by atoms with E-state index >= 15 is 0 Å². The number of carbonyl (C=O) groups excluding carboxylic acids is 2. The van der Waals surface area contributed by atoms with Crippen LogP contribution in [0.15, 0.2) is 18.5 Å². The molecule has 0 saturated heterocycles. The van der Waals surface area contributed by atoms with Gasteiger partial charge < -0.3 is 14.4 Å². The molecule has 2 amide bonds. The third-order valence-electron chi connectivity index (χ3n) is 5.06. The van der Waals surface area contributed by atoms with E-state index in [0.29, 0.717) is 18.8 Å². The lowest BCUT2D eigenvalue weighted by Crippen LogP contribution is -2.41. The van der Waals surface area contributed by atoms with E-state index in [1.165, 1.54) is 0 Å². The molecule has 154 valence electrons. The molecule has 8 heteroatoms. The van der Waals surface area contributed by atoms with Crippen molar-refractivity contribution in [3.63, 3.8) is 0 Å². The van der Waals surface area contributed by atoms with Crippen LogP contribution in [0.25, 0.3) is 0 Å². The molecule has 28 heavy (non-hydrogen) atoms. The molecule has 0 fully saturated rings. The fourth-order valence-electron chi connectivity index (χ4n) is 3.14. The fraction of sp³-hybridized carbons (Fsp3) is 0.600. The van der Waals surface area contributed by atoms with Crippen LogP contribution in [0.3, 0.4) is 0 Å². The Labute approximate surface area is 167 Å². The second kappa shape index (κ2) is 8.16. The summed E-state index contributed by atoms with van der Waals surface area (Å²) < 4.78 is 3.65. The van der Waals surface area contributed by atoms with Gasteiger partial charge in [-0.2, -0.15) is 5.10 Å². The van der Waals surface area contributed by atoms with E-state index in [-0.39, 0.29) is 17.7 Å². The van der Waals surface area contributed by atoms with Gasteiger partial charge in [-0.3, -0.25) is 14.3 Å². The third-order valence-corrected chi connectivity index (χ3v) is 5.06. The number of carbonyl (C=O) groups is 2. The summed E-state index contributed by atoms with van der Waals surface area (Å²) in [7, 11) is 7.31. The Kier molecular flexibility index (Phi) is 6.31. The second-order valence-corrected chi connectivity index (χ2v) is 8.23. The average molecular weight is 389 g/mol. The molecule has 0 spiro atoms. The molecule has 0 radical (unpaired) electrons. The minimum atomic E-state index is -0.788. The van der Waals surface area contributed by atoms with Crippen LogP contribution in [0.4, 0.5) is 0 Å². The van der Waals surface area contributed by atoms with Crippen molar-refractivity contribution in [2.75, 3.05) is 14.1 Å². The maximum atomic E-state index is 13.1. The summed E-state index contributed by atoms with van der Waals surface area (Å²) >= 11 is 0. The zero-order valence-corrected chi connectivity index (χ0v) is 18.2. The summed E-state index contributed by atoms with van der Waals surface area (Å²) in [5.41, 5.74) is 0.865. The van der Waals surface area contributed by atoms with Crippen molar-refractivity contribution in [1.82, 2.24) is 29.1 Å². The SMILES string of the molecule is CC(C)C(=O)N(C)Cc1nc(C(C)(C)C(=O)N(C)Cc2ccnn2C)cn1C. The van der Waals surface area contributed by atoms with Crippen molar-refractivity contribution in [3.05, 3.63) is 35.7 Å². The summed E-state index contributed by atoms with van der Waals surface area (Å²) in [5, 5.41) is 4.15. The summed E-state index contributed by atoms with van der Waals surface area (Å²) in [6.45, 7) is 8.40. The Morgan fingerprint density at radius 2 is 1.79 bits per heavy atom. The van der Waals surface area contributed by atoms with E-state index in [1.54, 1.807) is 34.8 Å². The highest BCUT2D eigenvalue weighted by Crippen LogP contribution is 2.25. The smallest absolute Gasteiger partial charge is 0.234 e. The molecule has 0 N–H and O–H groups in total. The number of amides is 2. The number of imidazole rings is 1. The first kappa shape index (κ1) is 21.7. The van der Waals surface area contributed by atoms with Crippen LogP contribution in [0, 0.1) is 5.92 Å². The molecule has 2 heterocycles. The van der Waals surface area contributed by atoms with Crippen LogP contribution in [0.5, 0.6) is 0 Å². The zero-order valence-electron chi connectivity index (χ0n) is 18.2.